The summed E-state index contributed by atoms with van der Waals surface area (Å²) >= 11 is 0. The highest BCUT2D eigenvalue weighted by Gasteiger charge is 2.24. The SMILES string of the molecule is CC(C)[C@@H](NC[C@H](O)COC(C)(C)C)c1nc(-c2ccc([N+](=O)[O-])cc2)no1. The summed E-state index contributed by atoms with van der Waals surface area (Å²) in [6, 6.07) is 5.71. The van der Waals surface area contributed by atoms with Gasteiger partial charge in [-0.15, -0.1) is 0 Å². The Morgan fingerprint density at radius 2 is 1.93 bits per heavy atom. The van der Waals surface area contributed by atoms with Gasteiger partial charge >= 0.3 is 0 Å². The van der Waals surface area contributed by atoms with Crippen molar-refractivity contribution in [3.8, 4) is 11.4 Å². The summed E-state index contributed by atoms with van der Waals surface area (Å²) in [6.45, 7) is 10.3. The summed E-state index contributed by atoms with van der Waals surface area (Å²) < 4.78 is 11.0. The number of hydrogen-bond acceptors (Lipinski definition) is 8. The molecule has 0 aliphatic carbocycles. The minimum absolute atomic E-state index is 0.000607. The third-order valence-electron chi connectivity index (χ3n) is 3.99. The van der Waals surface area contributed by atoms with Crippen LogP contribution in [0, 0.1) is 16.0 Å². The highest BCUT2D eigenvalue weighted by atomic mass is 16.6. The number of nitrogens with zero attached hydrogens (tertiary/aromatic N) is 3. The zero-order valence-electron chi connectivity index (χ0n) is 16.9. The van der Waals surface area contributed by atoms with Gasteiger partial charge in [-0.05, 0) is 38.8 Å². The molecule has 0 fully saturated rings. The van der Waals surface area contributed by atoms with Gasteiger partial charge in [0.15, 0.2) is 0 Å². The van der Waals surface area contributed by atoms with Crippen LogP contribution in [0.15, 0.2) is 28.8 Å². The van der Waals surface area contributed by atoms with Gasteiger partial charge in [0, 0.05) is 24.2 Å². The number of rotatable bonds is 9. The van der Waals surface area contributed by atoms with Gasteiger partial charge in [-0.25, -0.2) is 0 Å². The standard InChI is InChI=1S/C19H28N4O5/c1-12(2)16(20-10-15(24)11-27-19(3,4)5)18-21-17(22-28-18)13-6-8-14(9-7-13)23(25)26/h6-9,12,15-16,20,24H,10-11H2,1-5H3/t15-,16+/m0/s1. The Kier molecular flexibility index (Phi) is 7.22. The molecule has 1 aromatic carbocycles. The molecule has 0 saturated heterocycles. The second-order valence-corrected chi connectivity index (χ2v) is 7.97. The molecular formula is C19H28N4O5. The van der Waals surface area contributed by atoms with Crippen LogP contribution in [0.3, 0.4) is 0 Å². The van der Waals surface area contributed by atoms with Crippen LogP contribution in [0.25, 0.3) is 11.4 Å². The third kappa shape index (κ3) is 6.36. The summed E-state index contributed by atoms with van der Waals surface area (Å²) in [7, 11) is 0. The van der Waals surface area contributed by atoms with Crippen molar-refractivity contribution in [2.45, 2.75) is 52.4 Å². The molecule has 1 aromatic heterocycles. The summed E-state index contributed by atoms with van der Waals surface area (Å²) in [6.07, 6.45) is -0.669. The van der Waals surface area contributed by atoms with Crippen molar-refractivity contribution >= 4 is 5.69 Å². The average Bonchev–Trinajstić information content (AvgIpc) is 3.09. The largest absolute Gasteiger partial charge is 0.389 e. The molecule has 0 radical (unpaired) electrons. The zero-order valence-corrected chi connectivity index (χ0v) is 16.9. The highest BCUT2D eigenvalue weighted by Crippen LogP contribution is 2.24. The van der Waals surface area contributed by atoms with Crippen LogP contribution in [0.2, 0.25) is 0 Å². The van der Waals surface area contributed by atoms with Crippen molar-refractivity contribution in [1.29, 1.82) is 0 Å². The molecule has 0 amide bonds. The molecule has 9 nitrogen and oxygen atoms in total. The number of ether oxygens (including phenoxy) is 1. The van der Waals surface area contributed by atoms with Crippen LogP contribution < -0.4 is 5.32 Å². The van der Waals surface area contributed by atoms with Crippen LogP contribution in [0.4, 0.5) is 5.69 Å². The fourth-order valence-electron chi connectivity index (χ4n) is 2.49. The molecule has 2 aromatic rings. The zero-order chi connectivity index (χ0) is 20.9. The molecule has 0 spiro atoms. The maximum Gasteiger partial charge on any atom is 0.269 e. The molecule has 0 aliphatic heterocycles. The molecular weight excluding hydrogens is 364 g/mol. The van der Waals surface area contributed by atoms with Gasteiger partial charge in [0.1, 0.15) is 0 Å². The number of nitro benzene ring substituents is 1. The van der Waals surface area contributed by atoms with Crippen LogP contribution in [-0.2, 0) is 4.74 Å². The van der Waals surface area contributed by atoms with Crippen molar-refractivity contribution in [2.24, 2.45) is 5.92 Å². The van der Waals surface area contributed by atoms with Gasteiger partial charge in [0.05, 0.1) is 29.3 Å². The van der Waals surface area contributed by atoms with E-state index in [1.54, 1.807) is 12.1 Å². The maximum absolute atomic E-state index is 10.8. The Morgan fingerprint density at radius 1 is 1.29 bits per heavy atom. The quantitative estimate of drug-likeness (QED) is 0.493. The second kappa shape index (κ2) is 9.22. The smallest absolute Gasteiger partial charge is 0.269 e. The predicted molar refractivity (Wildman–Crippen MR) is 104 cm³/mol. The van der Waals surface area contributed by atoms with Crippen LogP contribution in [-0.4, -0.2) is 45.0 Å². The molecule has 2 rings (SSSR count). The Labute approximate surface area is 164 Å². The van der Waals surface area contributed by atoms with E-state index in [2.05, 4.69) is 15.5 Å². The van der Waals surface area contributed by atoms with E-state index in [-0.39, 0.29) is 29.9 Å². The number of aliphatic hydroxyl groups excluding tert-OH is 1. The topological polar surface area (TPSA) is 124 Å². The number of nitrogens with one attached hydrogen (secondary N) is 1. The minimum Gasteiger partial charge on any atom is -0.389 e. The fraction of sp³-hybridized carbons (Fsp3) is 0.579. The van der Waals surface area contributed by atoms with Crippen LogP contribution in [0.5, 0.6) is 0 Å². The monoisotopic (exact) mass is 392 g/mol. The Balaban J connectivity index is 2.03. The van der Waals surface area contributed by atoms with Crippen molar-refractivity contribution in [3.05, 3.63) is 40.3 Å². The van der Waals surface area contributed by atoms with Gasteiger partial charge in [-0.1, -0.05) is 19.0 Å². The van der Waals surface area contributed by atoms with E-state index in [1.807, 2.05) is 34.6 Å². The first-order valence-corrected chi connectivity index (χ1v) is 9.20. The molecule has 28 heavy (non-hydrogen) atoms. The first kappa shape index (κ1) is 21.9. The lowest BCUT2D eigenvalue weighted by atomic mass is 10.0. The Hall–Kier alpha value is -2.36. The van der Waals surface area contributed by atoms with Gasteiger partial charge in [0.2, 0.25) is 11.7 Å². The molecule has 0 aliphatic rings. The summed E-state index contributed by atoms with van der Waals surface area (Å²) in [5, 5.41) is 28.1. The van der Waals surface area contributed by atoms with E-state index in [0.29, 0.717) is 23.8 Å². The first-order chi connectivity index (χ1) is 13.1. The van der Waals surface area contributed by atoms with Gasteiger partial charge in [-0.2, -0.15) is 4.98 Å². The van der Waals surface area contributed by atoms with E-state index in [0.717, 1.165) is 0 Å². The summed E-state index contributed by atoms with van der Waals surface area (Å²) in [4.78, 5) is 14.7. The maximum atomic E-state index is 10.8. The van der Waals surface area contributed by atoms with Gasteiger partial charge in [0.25, 0.3) is 5.69 Å². The minimum atomic E-state index is -0.669. The number of benzene rings is 1. The van der Waals surface area contributed by atoms with Crippen LogP contribution >= 0.6 is 0 Å². The Bertz CT molecular complexity index is 767. The third-order valence-corrected chi connectivity index (χ3v) is 3.99. The fourth-order valence-corrected chi connectivity index (χ4v) is 2.49. The van der Waals surface area contributed by atoms with Crippen molar-refractivity contribution in [1.82, 2.24) is 15.5 Å². The van der Waals surface area contributed by atoms with E-state index in [1.165, 1.54) is 12.1 Å². The number of hydrogen-bond donors (Lipinski definition) is 2. The second-order valence-electron chi connectivity index (χ2n) is 7.97. The van der Waals surface area contributed by atoms with Gasteiger partial charge < -0.3 is 19.7 Å². The predicted octanol–water partition coefficient (Wildman–Crippen LogP) is 3.11. The Morgan fingerprint density at radius 3 is 2.46 bits per heavy atom. The number of nitro groups is 1. The van der Waals surface area contributed by atoms with Crippen LogP contribution in [0.1, 0.15) is 46.6 Å². The first-order valence-electron chi connectivity index (χ1n) is 9.20. The van der Waals surface area contributed by atoms with E-state index in [4.69, 9.17) is 9.26 Å². The average molecular weight is 392 g/mol. The number of aliphatic hydroxyl groups is 1. The number of non-ortho nitro benzene ring substituents is 1. The normalized spacial score (nSPS) is 14.2. The molecule has 0 saturated carbocycles. The van der Waals surface area contributed by atoms with Crippen molar-refractivity contribution in [2.75, 3.05) is 13.2 Å². The summed E-state index contributed by atoms with van der Waals surface area (Å²) in [5.41, 5.74) is 0.312. The lowest BCUT2D eigenvalue weighted by Gasteiger charge is -2.24. The number of aromatic nitrogens is 2. The van der Waals surface area contributed by atoms with Crippen molar-refractivity contribution in [3.63, 3.8) is 0 Å². The molecule has 2 atom stereocenters. The van der Waals surface area contributed by atoms with E-state index < -0.39 is 11.0 Å². The lowest BCUT2D eigenvalue weighted by molar-refractivity contribution is -0.384. The molecule has 2 N–H and O–H groups in total. The molecule has 0 unspecified atom stereocenters. The molecule has 0 bridgehead atoms. The molecule has 1 heterocycles. The molecule has 154 valence electrons. The van der Waals surface area contributed by atoms with Gasteiger partial charge in [-0.3, -0.25) is 10.1 Å². The van der Waals surface area contributed by atoms with Crippen molar-refractivity contribution < 1.29 is 19.3 Å². The van der Waals surface area contributed by atoms with E-state index in [9.17, 15) is 15.2 Å². The lowest BCUT2D eigenvalue weighted by Crippen LogP contribution is -2.37. The molecule has 9 heteroatoms. The highest BCUT2D eigenvalue weighted by molar-refractivity contribution is 5.56. The van der Waals surface area contributed by atoms with E-state index >= 15 is 0 Å². The summed E-state index contributed by atoms with van der Waals surface area (Å²) in [5.74, 6) is 0.891.